The summed E-state index contributed by atoms with van der Waals surface area (Å²) < 4.78 is 70.9. The summed E-state index contributed by atoms with van der Waals surface area (Å²) in [5.74, 6) is -4.47. The smallest absolute Gasteiger partial charge is 0.423 e. The van der Waals surface area contributed by atoms with Gasteiger partial charge in [0.2, 0.25) is 5.82 Å². The summed E-state index contributed by atoms with van der Waals surface area (Å²) >= 11 is 0. The van der Waals surface area contributed by atoms with Crippen LogP contribution in [0.3, 0.4) is 0 Å². The number of ether oxygens (including phenoxy) is 2. The summed E-state index contributed by atoms with van der Waals surface area (Å²) in [6, 6.07) is 4.49. The van der Waals surface area contributed by atoms with Crippen molar-refractivity contribution in [2.45, 2.75) is 20.0 Å². The molecule has 5 nitrogen and oxygen atoms in total. The maximum absolute atomic E-state index is 14.8. The van der Waals surface area contributed by atoms with E-state index >= 15 is 0 Å². The van der Waals surface area contributed by atoms with Gasteiger partial charge in [-0.2, -0.15) is 17.6 Å². The van der Waals surface area contributed by atoms with E-state index in [1.807, 2.05) is 0 Å². The van der Waals surface area contributed by atoms with Crippen LogP contribution in [0.5, 0.6) is 11.5 Å². The van der Waals surface area contributed by atoms with E-state index in [-0.39, 0.29) is 21.9 Å². The normalized spacial score (nSPS) is 11.5. The average Bonchev–Trinajstić information content (AvgIpc) is 3.01. The highest BCUT2D eigenvalue weighted by molar-refractivity contribution is 6.07. The van der Waals surface area contributed by atoms with Crippen molar-refractivity contribution in [3.8, 4) is 11.5 Å². The summed E-state index contributed by atoms with van der Waals surface area (Å²) in [6.45, 7) is 9.32. The molecule has 0 amide bonds. The van der Waals surface area contributed by atoms with Gasteiger partial charge in [0.05, 0.1) is 0 Å². The van der Waals surface area contributed by atoms with E-state index in [1.54, 1.807) is 0 Å². The molecule has 0 aliphatic carbocycles. The second kappa shape index (κ2) is 7.33. The molecule has 0 radical (unpaired) electrons. The Morgan fingerprint density at radius 1 is 0.867 bits per heavy atom. The minimum atomic E-state index is -4.98. The van der Waals surface area contributed by atoms with Crippen molar-refractivity contribution < 1.29 is 41.0 Å². The Bertz CT molecular complexity index is 1230. The van der Waals surface area contributed by atoms with Crippen molar-refractivity contribution in [1.82, 2.24) is 0 Å². The minimum absolute atomic E-state index is 0.00225. The van der Waals surface area contributed by atoms with Crippen LogP contribution in [0.1, 0.15) is 19.4 Å². The number of rotatable bonds is 4. The molecule has 9 heteroatoms. The second-order valence-corrected chi connectivity index (χ2v) is 6.51. The van der Waals surface area contributed by atoms with E-state index in [0.717, 1.165) is 12.1 Å². The molecule has 0 atom stereocenters. The van der Waals surface area contributed by atoms with Crippen LogP contribution in [-0.2, 0) is 15.8 Å². The number of alkyl halides is 3. The first-order valence-corrected chi connectivity index (χ1v) is 8.42. The number of fused-ring (bicyclic) bond motifs is 3. The fraction of sp³-hybridized carbons (Fsp3) is 0.143. The topological polar surface area (TPSA) is 65.7 Å². The van der Waals surface area contributed by atoms with Crippen LogP contribution >= 0.6 is 0 Å². The van der Waals surface area contributed by atoms with Gasteiger partial charge in [0.1, 0.15) is 11.3 Å². The highest BCUT2D eigenvalue weighted by Crippen LogP contribution is 2.45. The quantitative estimate of drug-likeness (QED) is 0.233. The first-order valence-electron chi connectivity index (χ1n) is 8.42. The molecule has 2 aromatic carbocycles. The Morgan fingerprint density at radius 2 is 1.33 bits per heavy atom. The first kappa shape index (κ1) is 21.1. The lowest BCUT2D eigenvalue weighted by Crippen LogP contribution is -2.14. The van der Waals surface area contributed by atoms with Crippen LogP contribution in [0, 0.1) is 5.82 Å². The molecule has 0 bridgehead atoms. The van der Waals surface area contributed by atoms with Gasteiger partial charge in [-0.25, -0.2) is 9.59 Å². The third-order valence-corrected chi connectivity index (χ3v) is 4.06. The Hall–Kier alpha value is -3.62. The first-order chi connectivity index (χ1) is 13.9. The number of hydrogen-bond acceptors (Lipinski definition) is 5. The predicted octanol–water partition coefficient (Wildman–Crippen LogP) is 5.71. The summed E-state index contributed by atoms with van der Waals surface area (Å²) in [5.41, 5.74) is -2.77. The van der Waals surface area contributed by atoms with Crippen LogP contribution < -0.4 is 9.47 Å². The largest absolute Gasteiger partial charge is 0.452 e. The maximum atomic E-state index is 14.8. The van der Waals surface area contributed by atoms with E-state index in [0.29, 0.717) is 0 Å². The number of benzene rings is 2. The molecule has 1 aromatic heterocycles. The summed E-state index contributed by atoms with van der Waals surface area (Å²) in [6.07, 6.45) is -4.98. The molecule has 0 fully saturated rings. The number of hydrogen-bond donors (Lipinski definition) is 0. The molecule has 0 unspecified atom stereocenters. The highest BCUT2D eigenvalue weighted by atomic mass is 19.4. The zero-order chi connectivity index (χ0) is 22.4. The number of carbonyl (C=O) groups excluding carboxylic acids is 2. The predicted molar refractivity (Wildman–Crippen MR) is 99.6 cm³/mol. The number of furan rings is 1. The Balaban J connectivity index is 2.26. The lowest BCUT2D eigenvalue weighted by Gasteiger charge is -2.13. The summed E-state index contributed by atoms with van der Waals surface area (Å²) in [7, 11) is 0. The molecule has 156 valence electrons. The van der Waals surface area contributed by atoms with Crippen molar-refractivity contribution >= 4 is 33.9 Å². The Kier molecular flexibility index (Phi) is 5.15. The second-order valence-electron chi connectivity index (χ2n) is 6.51. The Morgan fingerprint density at radius 3 is 1.83 bits per heavy atom. The third kappa shape index (κ3) is 3.66. The van der Waals surface area contributed by atoms with Crippen LogP contribution in [0.25, 0.3) is 21.9 Å². The molecule has 0 aliphatic rings. The molecule has 3 rings (SSSR count). The van der Waals surface area contributed by atoms with Gasteiger partial charge < -0.3 is 13.9 Å². The molecule has 3 aromatic rings. The molecule has 0 spiro atoms. The van der Waals surface area contributed by atoms with Gasteiger partial charge in [-0.15, -0.1) is 0 Å². The molecule has 1 heterocycles. The van der Waals surface area contributed by atoms with Crippen molar-refractivity contribution in [3.05, 3.63) is 60.0 Å². The highest BCUT2D eigenvalue weighted by Gasteiger charge is 2.39. The zero-order valence-corrected chi connectivity index (χ0v) is 15.8. The number of esters is 2. The van der Waals surface area contributed by atoms with Crippen LogP contribution in [0.4, 0.5) is 17.6 Å². The molecule has 0 saturated carbocycles. The van der Waals surface area contributed by atoms with Crippen LogP contribution in [-0.4, -0.2) is 11.9 Å². The van der Waals surface area contributed by atoms with Gasteiger partial charge in [-0.05, 0) is 38.1 Å². The molecule has 0 saturated heterocycles. The zero-order valence-electron chi connectivity index (χ0n) is 15.8. The summed E-state index contributed by atoms with van der Waals surface area (Å²) in [4.78, 5) is 23.4. The monoisotopic (exact) mass is 422 g/mol. The SMILES string of the molecule is C=C(C)C(=O)Oc1ccc2c(oc3c(C(F)(F)F)c(OC(=O)C(=C)C)ccc32)c1F. The average molecular weight is 422 g/mol. The van der Waals surface area contributed by atoms with Crippen molar-refractivity contribution in [1.29, 1.82) is 0 Å². The minimum Gasteiger partial charge on any atom is -0.452 e. The molecular formula is C21H14F4O5. The van der Waals surface area contributed by atoms with Crippen molar-refractivity contribution in [2.75, 3.05) is 0 Å². The Labute approximate surface area is 167 Å². The fourth-order valence-electron chi connectivity index (χ4n) is 2.64. The lowest BCUT2D eigenvalue weighted by atomic mass is 10.1. The van der Waals surface area contributed by atoms with Gasteiger partial charge in [0.15, 0.2) is 16.9 Å². The standard InChI is InChI=1S/C21H14F4O5/c1-9(2)19(26)28-13-7-5-11-12-6-8-14(29-20(27)10(3)4)16(22)18(12)30-17(11)15(13)21(23,24)25/h5-8H,1,3H2,2,4H3. The van der Waals surface area contributed by atoms with Crippen molar-refractivity contribution in [3.63, 3.8) is 0 Å². The van der Waals surface area contributed by atoms with Gasteiger partial charge in [-0.3, -0.25) is 0 Å². The van der Waals surface area contributed by atoms with E-state index in [1.165, 1.54) is 26.0 Å². The van der Waals surface area contributed by atoms with Crippen LogP contribution in [0.15, 0.2) is 53.0 Å². The fourth-order valence-corrected chi connectivity index (χ4v) is 2.64. The maximum Gasteiger partial charge on any atom is 0.423 e. The summed E-state index contributed by atoms with van der Waals surface area (Å²) in [5, 5.41) is -0.0509. The van der Waals surface area contributed by atoms with Crippen LogP contribution in [0.2, 0.25) is 0 Å². The van der Waals surface area contributed by atoms with E-state index in [2.05, 4.69) is 13.2 Å². The van der Waals surface area contributed by atoms with Gasteiger partial charge in [-0.1, -0.05) is 13.2 Å². The van der Waals surface area contributed by atoms with Gasteiger partial charge in [0, 0.05) is 21.9 Å². The number of carbonyl (C=O) groups is 2. The van der Waals surface area contributed by atoms with E-state index < -0.39 is 52.2 Å². The van der Waals surface area contributed by atoms with Gasteiger partial charge >= 0.3 is 18.1 Å². The molecular weight excluding hydrogens is 408 g/mol. The third-order valence-electron chi connectivity index (χ3n) is 4.06. The molecule has 0 aliphatic heterocycles. The number of halogens is 4. The molecule has 0 N–H and O–H groups in total. The van der Waals surface area contributed by atoms with Crippen molar-refractivity contribution in [2.24, 2.45) is 0 Å². The van der Waals surface area contributed by atoms with E-state index in [4.69, 9.17) is 13.9 Å². The molecule has 30 heavy (non-hydrogen) atoms. The van der Waals surface area contributed by atoms with E-state index in [9.17, 15) is 27.2 Å². The lowest BCUT2D eigenvalue weighted by molar-refractivity contribution is -0.140. The van der Waals surface area contributed by atoms with Gasteiger partial charge in [0.25, 0.3) is 0 Å².